The van der Waals surface area contributed by atoms with Crippen molar-refractivity contribution in [2.24, 2.45) is 10.2 Å². The van der Waals surface area contributed by atoms with Gasteiger partial charge in [0.2, 0.25) is 5.91 Å². The Morgan fingerprint density at radius 1 is 1.07 bits per heavy atom. The number of carbonyl (C=O) groups excluding carboxylic acids is 1. The number of amidine groups is 1. The molecule has 0 aliphatic carbocycles. The lowest BCUT2D eigenvalue weighted by atomic mass is 10.0. The molecule has 1 aliphatic heterocycles. The highest BCUT2D eigenvalue weighted by atomic mass is 32.2. The zero-order valence-corrected chi connectivity index (χ0v) is 16.7. The molecule has 3 aromatic carbocycles. The molecule has 1 fully saturated rings. The maximum absolute atomic E-state index is 12.4. The normalized spacial score (nSPS) is 16.0. The largest absolute Gasteiger partial charge is 0.285 e. The number of hydrogen-bond acceptors (Lipinski definition) is 4. The van der Waals surface area contributed by atoms with E-state index in [0.29, 0.717) is 17.5 Å². The Morgan fingerprint density at radius 3 is 2.75 bits per heavy atom. The SMILES string of the molecule is Cc1ccc(/C=N/N=C2/SCC(=O)N2Cc2cccc3ccccc23)c(C)c1. The molecule has 0 N–H and O–H groups in total. The van der Waals surface area contributed by atoms with Crippen molar-refractivity contribution in [3.63, 3.8) is 0 Å². The summed E-state index contributed by atoms with van der Waals surface area (Å²) in [6.45, 7) is 4.63. The number of aryl methyl sites for hydroxylation is 2. The Balaban J connectivity index is 1.58. The molecule has 4 nitrogen and oxygen atoms in total. The minimum absolute atomic E-state index is 0.0680. The maximum atomic E-state index is 12.4. The Hall–Kier alpha value is -2.92. The molecule has 1 aliphatic rings. The fourth-order valence-corrected chi connectivity index (χ4v) is 4.17. The quantitative estimate of drug-likeness (QED) is 0.471. The summed E-state index contributed by atoms with van der Waals surface area (Å²) in [5, 5.41) is 11.6. The van der Waals surface area contributed by atoms with E-state index in [4.69, 9.17) is 0 Å². The van der Waals surface area contributed by atoms with Gasteiger partial charge >= 0.3 is 0 Å². The van der Waals surface area contributed by atoms with Crippen LogP contribution in [0.15, 0.2) is 70.9 Å². The molecule has 3 aromatic rings. The van der Waals surface area contributed by atoms with E-state index in [9.17, 15) is 4.79 Å². The molecule has 0 radical (unpaired) electrons. The summed E-state index contributed by atoms with van der Waals surface area (Å²) in [5.41, 5.74) is 4.52. The maximum Gasteiger partial charge on any atom is 0.239 e. The lowest BCUT2D eigenvalue weighted by Crippen LogP contribution is -2.28. The second-order valence-corrected chi connectivity index (χ2v) is 7.84. The first-order valence-electron chi connectivity index (χ1n) is 9.20. The van der Waals surface area contributed by atoms with Crippen molar-refractivity contribution >= 4 is 39.8 Å². The molecule has 0 spiro atoms. The number of nitrogens with zero attached hydrogens (tertiary/aromatic N) is 3. The van der Waals surface area contributed by atoms with Gasteiger partial charge in [-0.25, -0.2) is 0 Å². The zero-order valence-electron chi connectivity index (χ0n) is 15.9. The van der Waals surface area contributed by atoms with Crippen LogP contribution in [0.4, 0.5) is 0 Å². The molecule has 4 rings (SSSR count). The van der Waals surface area contributed by atoms with Crippen LogP contribution in [0.2, 0.25) is 0 Å². The first-order chi connectivity index (χ1) is 13.6. The molecular weight excluding hydrogens is 366 g/mol. The Bertz CT molecular complexity index is 1100. The molecule has 5 heteroatoms. The second kappa shape index (κ2) is 7.98. The van der Waals surface area contributed by atoms with E-state index < -0.39 is 0 Å². The summed E-state index contributed by atoms with van der Waals surface area (Å²) in [7, 11) is 0. The van der Waals surface area contributed by atoms with Gasteiger partial charge in [0.15, 0.2) is 5.17 Å². The summed E-state index contributed by atoms with van der Waals surface area (Å²) < 4.78 is 0. The molecular formula is C23H21N3OS. The first-order valence-corrected chi connectivity index (χ1v) is 10.2. The van der Waals surface area contributed by atoms with Crippen molar-refractivity contribution in [2.75, 3.05) is 5.75 Å². The average Bonchev–Trinajstić information content (AvgIpc) is 3.04. The number of benzene rings is 3. The molecule has 140 valence electrons. The molecule has 0 aromatic heterocycles. The van der Waals surface area contributed by atoms with Gasteiger partial charge in [-0.3, -0.25) is 9.69 Å². The van der Waals surface area contributed by atoms with Crippen molar-refractivity contribution in [1.82, 2.24) is 4.90 Å². The Morgan fingerprint density at radius 2 is 1.89 bits per heavy atom. The highest BCUT2D eigenvalue weighted by molar-refractivity contribution is 8.15. The van der Waals surface area contributed by atoms with Gasteiger partial charge in [0, 0.05) is 0 Å². The lowest BCUT2D eigenvalue weighted by molar-refractivity contribution is -0.124. The first kappa shape index (κ1) is 18.4. The van der Waals surface area contributed by atoms with Crippen LogP contribution in [0.25, 0.3) is 10.8 Å². The van der Waals surface area contributed by atoms with E-state index >= 15 is 0 Å². The average molecular weight is 388 g/mol. The van der Waals surface area contributed by atoms with E-state index in [1.165, 1.54) is 22.7 Å². The van der Waals surface area contributed by atoms with Crippen LogP contribution in [0.5, 0.6) is 0 Å². The molecule has 1 heterocycles. The number of hydrogen-bond donors (Lipinski definition) is 0. The minimum Gasteiger partial charge on any atom is -0.285 e. The van der Waals surface area contributed by atoms with Gasteiger partial charge in [0.25, 0.3) is 0 Å². The monoisotopic (exact) mass is 387 g/mol. The molecule has 0 bridgehead atoms. The summed E-state index contributed by atoms with van der Waals surface area (Å²) in [6.07, 6.45) is 1.75. The second-order valence-electron chi connectivity index (χ2n) is 6.89. The smallest absolute Gasteiger partial charge is 0.239 e. The van der Waals surface area contributed by atoms with Gasteiger partial charge in [0.1, 0.15) is 0 Å². The number of amides is 1. The van der Waals surface area contributed by atoms with Crippen molar-refractivity contribution < 1.29 is 4.79 Å². The number of carbonyl (C=O) groups is 1. The summed E-state index contributed by atoms with van der Waals surface area (Å²) >= 11 is 1.44. The third kappa shape index (κ3) is 3.85. The highest BCUT2D eigenvalue weighted by Crippen LogP contribution is 2.25. The topological polar surface area (TPSA) is 45.0 Å². The van der Waals surface area contributed by atoms with Gasteiger partial charge in [-0.1, -0.05) is 78.0 Å². The third-order valence-electron chi connectivity index (χ3n) is 4.83. The Labute approximate surface area is 169 Å². The van der Waals surface area contributed by atoms with Crippen molar-refractivity contribution in [2.45, 2.75) is 20.4 Å². The van der Waals surface area contributed by atoms with Gasteiger partial charge in [0.05, 0.1) is 18.5 Å². The van der Waals surface area contributed by atoms with Gasteiger partial charge in [-0.15, -0.1) is 5.10 Å². The number of rotatable bonds is 4. The van der Waals surface area contributed by atoms with E-state index in [-0.39, 0.29) is 5.91 Å². The fraction of sp³-hybridized carbons (Fsp3) is 0.174. The molecule has 1 saturated heterocycles. The van der Waals surface area contributed by atoms with E-state index in [1.807, 2.05) is 24.3 Å². The molecule has 0 saturated carbocycles. The molecule has 0 atom stereocenters. The zero-order chi connectivity index (χ0) is 19.5. The van der Waals surface area contributed by atoms with E-state index in [0.717, 1.165) is 22.1 Å². The molecule has 28 heavy (non-hydrogen) atoms. The number of fused-ring (bicyclic) bond motifs is 1. The predicted molar refractivity (Wildman–Crippen MR) is 118 cm³/mol. The predicted octanol–water partition coefficient (Wildman–Crippen LogP) is 4.92. The third-order valence-corrected chi connectivity index (χ3v) is 5.78. The molecule has 1 amide bonds. The van der Waals surface area contributed by atoms with E-state index in [2.05, 4.69) is 60.4 Å². The van der Waals surface area contributed by atoms with Gasteiger partial charge in [-0.05, 0) is 41.3 Å². The van der Waals surface area contributed by atoms with Crippen LogP contribution in [0.3, 0.4) is 0 Å². The van der Waals surface area contributed by atoms with Gasteiger partial charge in [-0.2, -0.15) is 5.10 Å². The van der Waals surface area contributed by atoms with E-state index in [1.54, 1.807) is 11.1 Å². The van der Waals surface area contributed by atoms with Crippen LogP contribution >= 0.6 is 11.8 Å². The number of thioether (sulfide) groups is 1. The fourth-order valence-electron chi connectivity index (χ4n) is 3.34. The van der Waals surface area contributed by atoms with Crippen LogP contribution in [0.1, 0.15) is 22.3 Å². The van der Waals surface area contributed by atoms with Crippen LogP contribution in [-0.4, -0.2) is 27.9 Å². The minimum atomic E-state index is 0.0680. The van der Waals surface area contributed by atoms with Crippen molar-refractivity contribution in [1.29, 1.82) is 0 Å². The summed E-state index contributed by atoms with van der Waals surface area (Å²) in [6, 6.07) is 20.6. The highest BCUT2D eigenvalue weighted by Gasteiger charge is 2.28. The molecule has 0 unspecified atom stereocenters. The van der Waals surface area contributed by atoms with Crippen LogP contribution < -0.4 is 0 Å². The van der Waals surface area contributed by atoms with Gasteiger partial charge < -0.3 is 0 Å². The van der Waals surface area contributed by atoms with Crippen molar-refractivity contribution in [3.8, 4) is 0 Å². The van der Waals surface area contributed by atoms with Crippen LogP contribution in [0, 0.1) is 13.8 Å². The lowest BCUT2D eigenvalue weighted by Gasteiger charge is -2.16. The summed E-state index contributed by atoms with van der Waals surface area (Å²) in [4.78, 5) is 14.2. The summed E-state index contributed by atoms with van der Waals surface area (Å²) in [5.74, 6) is 0.473. The van der Waals surface area contributed by atoms with Crippen LogP contribution in [-0.2, 0) is 11.3 Å². The Kier molecular flexibility index (Phi) is 5.26. The van der Waals surface area contributed by atoms with Crippen molar-refractivity contribution in [3.05, 3.63) is 82.9 Å². The standard InChI is InChI=1S/C23H21N3OS/c1-16-10-11-19(17(2)12-16)13-24-25-23-26(22(27)15-28-23)14-20-8-5-7-18-6-3-4-9-21(18)20/h3-13H,14-15H2,1-2H3/b24-13+,25-23+.